The van der Waals surface area contributed by atoms with E-state index in [4.69, 9.17) is 0 Å². The van der Waals surface area contributed by atoms with E-state index >= 15 is 0 Å². The van der Waals surface area contributed by atoms with Crippen LogP contribution in [0.1, 0.15) is 49.8 Å². The predicted octanol–water partition coefficient (Wildman–Crippen LogP) is 2.54. The number of aromatic nitrogens is 2. The summed E-state index contributed by atoms with van der Waals surface area (Å²) in [6, 6.07) is 0.951. The molecular formula is C13H21N3. The maximum absolute atomic E-state index is 4.41. The van der Waals surface area contributed by atoms with E-state index in [1.807, 2.05) is 13.1 Å². The summed E-state index contributed by atoms with van der Waals surface area (Å²) in [6.45, 7) is 8.46. The fraction of sp³-hybridized carbons (Fsp3) is 0.692. The SMILES string of the molecule is Cc1ncc(C(C)NC(C)C2CC2)c(C)n1. The molecule has 0 spiro atoms. The molecule has 1 aromatic rings. The second-order valence-electron chi connectivity index (χ2n) is 4.97. The van der Waals surface area contributed by atoms with Gasteiger partial charge in [-0.05, 0) is 46.5 Å². The molecule has 0 aromatic carbocycles. The number of aryl methyl sites for hydroxylation is 2. The Kier molecular flexibility index (Phi) is 3.24. The first-order chi connectivity index (χ1) is 7.58. The molecule has 0 bridgehead atoms. The van der Waals surface area contributed by atoms with E-state index in [9.17, 15) is 0 Å². The highest BCUT2D eigenvalue weighted by atomic mass is 15.0. The van der Waals surface area contributed by atoms with Crippen molar-refractivity contribution in [2.45, 2.75) is 52.6 Å². The highest BCUT2D eigenvalue weighted by molar-refractivity contribution is 5.19. The van der Waals surface area contributed by atoms with Crippen LogP contribution in [0.15, 0.2) is 6.20 Å². The number of nitrogens with zero attached hydrogens (tertiary/aromatic N) is 2. The monoisotopic (exact) mass is 219 g/mol. The van der Waals surface area contributed by atoms with Gasteiger partial charge in [-0.15, -0.1) is 0 Å². The fourth-order valence-corrected chi connectivity index (χ4v) is 2.23. The van der Waals surface area contributed by atoms with Crippen LogP contribution < -0.4 is 5.32 Å². The summed E-state index contributed by atoms with van der Waals surface area (Å²) in [4.78, 5) is 8.69. The maximum atomic E-state index is 4.41. The van der Waals surface area contributed by atoms with Crippen molar-refractivity contribution in [3.63, 3.8) is 0 Å². The zero-order chi connectivity index (χ0) is 11.7. The molecule has 0 saturated heterocycles. The first-order valence-corrected chi connectivity index (χ1v) is 6.14. The smallest absolute Gasteiger partial charge is 0.125 e. The minimum Gasteiger partial charge on any atom is -0.307 e. The van der Waals surface area contributed by atoms with Gasteiger partial charge in [0.05, 0.1) is 0 Å². The Labute approximate surface area is 97.7 Å². The molecule has 2 unspecified atom stereocenters. The number of nitrogens with one attached hydrogen (secondary N) is 1. The molecule has 0 aliphatic heterocycles. The summed E-state index contributed by atoms with van der Waals surface area (Å²) in [5.41, 5.74) is 2.31. The van der Waals surface area contributed by atoms with Gasteiger partial charge in [0.15, 0.2) is 0 Å². The molecule has 16 heavy (non-hydrogen) atoms. The fourth-order valence-electron chi connectivity index (χ4n) is 2.23. The summed E-state index contributed by atoms with van der Waals surface area (Å²) < 4.78 is 0. The van der Waals surface area contributed by atoms with Crippen LogP contribution in [0.4, 0.5) is 0 Å². The molecule has 0 amide bonds. The molecule has 1 aromatic heterocycles. The standard InChI is InChI=1S/C13H21N3/c1-8(12-5-6-12)15-9(2)13-7-14-11(4)16-10(13)3/h7-9,12,15H,5-6H2,1-4H3. The van der Waals surface area contributed by atoms with Crippen molar-refractivity contribution in [1.29, 1.82) is 0 Å². The zero-order valence-electron chi connectivity index (χ0n) is 10.6. The number of hydrogen-bond acceptors (Lipinski definition) is 3. The van der Waals surface area contributed by atoms with Gasteiger partial charge in [0.2, 0.25) is 0 Å². The maximum Gasteiger partial charge on any atom is 0.125 e. The average Bonchev–Trinajstić information content (AvgIpc) is 2.99. The van der Waals surface area contributed by atoms with Crippen molar-refractivity contribution in [2.75, 3.05) is 0 Å². The number of hydrogen-bond donors (Lipinski definition) is 1. The highest BCUT2D eigenvalue weighted by Gasteiger charge is 2.28. The first kappa shape index (κ1) is 11.5. The third kappa shape index (κ3) is 2.59. The van der Waals surface area contributed by atoms with Crippen LogP contribution in [0.5, 0.6) is 0 Å². The van der Waals surface area contributed by atoms with Crippen molar-refractivity contribution >= 4 is 0 Å². The van der Waals surface area contributed by atoms with E-state index < -0.39 is 0 Å². The van der Waals surface area contributed by atoms with E-state index in [0.29, 0.717) is 12.1 Å². The molecule has 3 heteroatoms. The molecule has 2 rings (SSSR count). The van der Waals surface area contributed by atoms with Crippen LogP contribution in [-0.4, -0.2) is 16.0 Å². The van der Waals surface area contributed by atoms with Crippen molar-refractivity contribution in [3.05, 3.63) is 23.3 Å². The Balaban J connectivity index is 2.04. The molecule has 1 aliphatic rings. The van der Waals surface area contributed by atoms with Gasteiger partial charge in [0, 0.05) is 29.5 Å². The van der Waals surface area contributed by atoms with Gasteiger partial charge in [-0.25, -0.2) is 9.97 Å². The Bertz CT molecular complexity index is 371. The Morgan fingerprint density at radius 1 is 1.31 bits per heavy atom. The molecule has 1 aliphatic carbocycles. The lowest BCUT2D eigenvalue weighted by atomic mass is 10.1. The normalized spacial score (nSPS) is 19.5. The summed E-state index contributed by atoms with van der Waals surface area (Å²) in [5, 5.41) is 3.64. The van der Waals surface area contributed by atoms with Crippen LogP contribution >= 0.6 is 0 Å². The predicted molar refractivity (Wildman–Crippen MR) is 65.2 cm³/mol. The second-order valence-corrected chi connectivity index (χ2v) is 4.97. The summed E-state index contributed by atoms with van der Waals surface area (Å²) in [7, 11) is 0. The third-order valence-electron chi connectivity index (χ3n) is 3.45. The van der Waals surface area contributed by atoms with Crippen molar-refractivity contribution in [2.24, 2.45) is 5.92 Å². The molecule has 1 saturated carbocycles. The van der Waals surface area contributed by atoms with E-state index in [-0.39, 0.29) is 0 Å². The van der Waals surface area contributed by atoms with Gasteiger partial charge < -0.3 is 5.32 Å². The van der Waals surface area contributed by atoms with Gasteiger partial charge in [-0.3, -0.25) is 0 Å². The topological polar surface area (TPSA) is 37.8 Å². The van der Waals surface area contributed by atoms with Gasteiger partial charge in [-0.1, -0.05) is 0 Å². The molecule has 1 fully saturated rings. The van der Waals surface area contributed by atoms with Crippen LogP contribution in [0.25, 0.3) is 0 Å². The lowest BCUT2D eigenvalue weighted by Gasteiger charge is -2.21. The van der Waals surface area contributed by atoms with Crippen LogP contribution in [0, 0.1) is 19.8 Å². The summed E-state index contributed by atoms with van der Waals surface area (Å²) in [5.74, 6) is 1.73. The lowest BCUT2D eigenvalue weighted by molar-refractivity contribution is 0.439. The summed E-state index contributed by atoms with van der Waals surface area (Å²) in [6.07, 6.45) is 4.71. The molecule has 1 N–H and O–H groups in total. The minimum atomic E-state index is 0.344. The molecule has 0 radical (unpaired) electrons. The average molecular weight is 219 g/mol. The molecule has 3 nitrogen and oxygen atoms in total. The molecule has 2 atom stereocenters. The Morgan fingerprint density at radius 2 is 2.00 bits per heavy atom. The minimum absolute atomic E-state index is 0.344. The molecule has 88 valence electrons. The van der Waals surface area contributed by atoms with Gasteiger partial charge in [0.25, 0.3) is 0 Å². The van der Waals surface area contributed by atoms with Crippen molar-refractivity contribution < 1.29 is 0 Å². The van der Waals surface area contributed by atoms with E-state index in [2.05, 4.69) is 36.1 Å². The van der Waals surface area contributed by atoms with E-state index in [1.165, 1.54) is 18.4 Å². The van der Waals surface area contributed by atoms with Crippen LogP contribution in [0.2, 0.25) is 0 Å². The van der Waals surface area contributed by atoms with Gasteiger partial charge in [-0.2, -0.15) is 0 Å². The van der Waals surface area contributed by atoms with Crippen molar-refractivity contribution in [1.82, 2.24) is 15.3 Å². The molecular weight excluding hydrogens is 198 g/mol. The largest absolute Gasteiger partial charge is 0.307 e. The Morgan fingerprint density at radius 3 is 2.56 bits per heavy atom. The zero-order valence-corrected chi connectivity index (χ0v) is 10.6. The van der Waals surface area contributed by atoms with E-state index in [0.717, 1.165) is 17.4 Å². The second kappa shape index (κ2) is 4.50. The Hall–Kier alpha value is -0.960. The highest BCUT2D eigenvalue weighted by Crippen LogP contribution is 2.33. The van der Waals surface area contributed by atoms with Crippen LogP contribution in [0.3, 0.4) is 0 Å². The molecule has 1 heterocycles. The first-order valence-electron chi connectivity index (χ1n) is 6.14. The quantitative estimate of drug-likeness (QED) is 0.845. The van der Waals surface area contributed by atoms with Gasteiger partial charge in [0.1, 0.15) is 5.82 Å². The van der Waals surface area contributed by atoms with Crippen LogP contribution in [-0.2, 0) is 0 Å². The van der Waals surface area contributed by atoms with Gasteiger partial charge >= 0.3 is 0 Å². The van der Waals surface area contributed by atoms with Crippen molar-refractivity contribution in [3.8, 4) is 0 Å². The van der Waals surface area contributed by atoms with E-state index in [1.54, 1.807) is 0 Å². The number of rotatable bonds is 4. The third-order valence-corrected chi connectivity index (χ3v) is 3.45. The lowest BCUT2D eigenvalue weighted by Crippen LogP contribution is -2.31. The summed E-state index contributed by atoms with van der Waals surface area (Å²) >= 11 is 0.